The lowest BCUT2D eigenvalue weighted by atomic mass is 10.5. The maximum atomic E-state index is 5.24. The van der Waals surface area contributed by atoms with E-state index in [1.807, 2.05) is 6.21 Å². The first-order valence-corrected chi connectivity index (χ1v) is 4.49. The minimum Gasteiger partial charge on any atom is -0.379 e. The van der Waals surface area contributed by atoms with Gasteiger partial charge in [0.1, 0.15) is 0 Å². The van der Waals surface area contributed by atoms with E-state index in [2.05, 4.69) is 13.8 Å². The highest BCUT2D eigenvalue weighted by Crippen LogP contribution is 2.18. The molecule has 2 aliphatic rings. The van der Waals surface area contributed by atoms with Gasteiger partial charge in [-0.15, -0.1) is 0 Å². The molecular formula is C6H11N3OS. The third kappa shape index (κ3) is 1.73. The Bertz CT molecular complexity index is 150. The van der Waals surface area contributed by atoms with E-state index in [9.17, 15) is 0 Å². The summed E-state index contributed by atoms with van der Waals surface area (Å²) in [6.07, 6.45) is 1.93. The average molecular weight is 173 g/mol. The molecule has 11 heavy (non-hydrogen) atoms. The number of morpholine rings is 1. The van der Waals surface area contributed by atoms with Crippen LogP contribution in [-0.4, -0.2) is 48.5 Å². The van der Waals surface area contributed by atoms with Gasteiger partial charge in [-0.1, -0.05) is 0 Å². The van der Waals surface area contributed by atoms with Crippen molar-refractivity contribution in [2.24, 2.45) is 4.40 Å². The van der Waals surface area contributed by atoms with Crippen molar-refractivity contribution in [3.8, 4) is 0 Å². The Labute approximate surface area is 70.4 Å². The lowest BCUT2D eigenvalue weighted by molar-refractivity contribution is -0.0293. The smallest absolute Gasteiger partial charge is 0.0772 e. The molecule has 0 aromatic carbocycles. The Morgan fingerprint density at radius 3 is 2.82 bits per heavy atom. The van der Waals surface area contributed by atoms with E-state index < -0.39 is 0 Å². The molecule has 0 N–H and O–H groups in total. The molecule has 2 rings (SSSR count). The van der Waals surface area contributed by atoms with Crippen LogP contribution in [0.2, 0.25) is 0 Å². The molecule has 1 saturated heterocycles. The molecule has 2 heterocycles. The van der Waals surface area contributed by atoms with Crippen LogP contribution in [0.1, 0.15) is 0 Å². The van der Waals surface area contributed by atoms with E-state index in [0.717, 1.165) is 32.8 Å². The first-order valence-electron chi connectivity index (χ1n) is 3.76. The largest absolute Gasteiger partial charge is 0.379 e. The molecule has 0 atom stereocenters. The molecule has 0 unspecified atom stereocenters. The zero-order valence-electron chi connectivity index (χ0n) is 6.27. The van der Waals surface area contributed by atoms with Crippen LogP contribution in [0.25, 0.3) is 0 Å². The molecule has 62 valence electrons. The van der Waals surface area contributed by atoms with E-state index >= 15 is 0 Å². The molecule has 0 spiro atoms. The highest BCUT2D eigenvalue weighted by molar-refractivity contribution is 7.96. The summed E-state index contributed by atoms with van der Waals surface area (Å²) in [7, 11) is 0. The van der Waals surface area contributed by atoms with Crippen LogP contribution in [0.5, 0.6) is 0 Å². The molecule has 0 saturated carbocycles. The molecule has 0 radical (unpaired) electrons. The first-order chi connectivity index (χ1) is 5.47. The summed E-state index contributed by atoms with van der Waals surface area (Å²) in [6.45, 7) is 4.62. The highest BCUT2D eigenvalue weighted by Gasteiger charge is 2.20. The molecule has 4 nitrogen and oxygen atoms in total. The molecule has 0 bridgehead atoms. The monoisotopic (exact) mass is 173 g/mol. The second-order valence-corrected chi connectivity index (χ2v) is 3.27. The van der Waals surface area contributed by atoms with Crippen LogP contribution in [0, 0.1) is 0 Å². The van der Waals surface area contributed by atoms with Crippen molar-refractivity contribution >= 4 is 18.3 Å². The van der Waals surface area contributed by atoms with Gasteiger partial charge < -0.3 is 4.74 Å². The quantitative estimate of drug-likeness (QED) is 0.529. The Morgan fingerprint density at radius 1 is 1.36 bits per heavy atom. The predicted molar refractivity (Wildman–Crippen MR) is 45.2 cm³/mol. The lowest BCUT2D eigenvalue weighted by Gasteiger charge is -2.31. The van der Waals surface area contributed by atoms with Crippen LogP contribution in [0.15, 0.2) is 4.40 Å². The third-order valence-corrected chi connectivity index (χ3v) is 2.57. The van der Waals surface area contributed by atoms with Gasteiger partial charge in [0.25, 0.3) is 0 Å². The minimum atomic E-state index is 0.844. The van der Waals surface area contributed by atoms with Gasteiger partial charge in [0.05, 0.1) is 31.9 Å². The van der Waals surface area contributed by atoms with Crippen molar-refractivity contribution in [3.63, 3.8) is 0 Å². The van der Waals surface area contributed by atoms with Gasteiger partial charge in [0, 0.05) is 19.3 Å². The van der Waals surface area contributed by atoms with Crippen LogP contribution in [0.4, 0.5) is 0 Å². The summed E-state index contributed by atoms with van der Waals surface area (Å²) in [5.74, 6) is 0. The molecule has 0 amide bonds. The second-order valence-electron chi connectivity index (χ2n) is 2.47. The fraction of sp³-hybridized carbons (Fsp3) is 0.833. The number of nitrogens with zero attached hydrogens (tertiary/aromatic N) is 3. The van der Waals surface area contributed by atoms with Gasteiger partial charge in [0.15, 0.2) is 0 Å². The normalized spacial score (nSPS) is 28.0. The van der Waals surface area contributed by atoms with Crippen LogP contribution in [0.3, 0.4) is 0 Å². The van der Waals surface area contributed by atoms with Gasteiger partial charge in [-0.3, -0.25) is 0 Å². The second kappa shape index (κ2) is 3.53. The number of hydrazine groups is 1. The third-order valence-electron chi connectivity index (χ3n) is 1.76. The van der Waals surface area contributed by atoms with Crippen molar-refractivity contribution in [1.82, 2.24) is 9.42 Å². The summed E-state index contributed by atoms with van der Waals surface area (Å²) in [4.78, 5) is 0. The van der Waals surface area contributed by atoms with Crippen molar-refractivity contribution in [3.05, 3.63) is 0 Å². The molecule has 2 aliphatic heterocycles. The van der Waals surface area contributed by atoms with E-state index in [1.54, 1.807) is 0 Å². The predicted octanol–water partition coefficient (Wildman–Crippen LogP) is 0.183. The van der Waals surface area contributed by atoms with Gasteiger partial charge in [-0.05, 0) is 0 Å². The van der Waals surface area contributed by atoms with Crippen LogP contribution in [-0.2, 0) is 4.74 Å². The summed E-state index contributed by atoms with van der Waals surface area (Å²) < 4.78 is 11.5. The van der Waals surface area contributed by atoms with E-state index in [-0.39, 0.29) is 0 Å². The van der Waals surface area contributed by atoms with Crippen molar-refractivity contribution in [1.29, 1.82) is 0 Å². The zero-order chi connectivity index (χ0) is 7.52. The van der Waals surface area contributed by atoms with Gasteiger partial charge >= 0.3 is 0 Å². The van der Waals surface area contributed by atoms with E-state index in [0.29, 0.717) is 0 Å². The number of hydrogen-bond donors (Lipinski definition) is 0. The van der Waals surface area contributed by atoms with Gasteiger partial charge in [-0.25, -0.2) is 9.41 Å². The van der Waals surface area contributed by atoms with E-state index in [4.69, 9.17) is 4.74 Å². The molecule has 5 heteroatoms. The highest BCUT2D eigenvalue weighted by atomic mass is 32.2. The standard InChI is InChI=1S/C6H11N3OS/c1-2-9(11-7-1)8-3-5-10-6-4-8/h1H,2-6H2. The summed E-state index contributed by atoms with van der Waals surface area (Å²) in [6, 6.07) is 0. The Morgan fingerprint density at radius 2 is 2.18 bits per heavy atom. The Balaban J connectivity index is 1.83. The maximum absolute atomic E-state index is 5.24. The summed E-state index contributed by atoms with van der Waals surface area (Å²) in [5, 5.41) is 2.28. The zero-order valence-corrected chi connectivity index (χ0v) is 7.09. The van der Waals surface area contributed by atoms with Crippen LogP contribution >= 0.6 is 12.1 Å². The topological polar surface area (TPSA) is 28.1 Å². The van der Waals surface area contributed by atoms with Gasteiger partial charge in [-0.2, -0.15) is 4.41 Å². The molecule has 1 fully saturated rings. The minimum absolute atomic E-state index is 0.844. The Kier molecular flexibility index (Phi) is 2.42. The number of rotatable bonds is 1. The molecule has 0 aromatic rings. The first kappa shape index (κ1) is 7.54. The number of ether oxygens (including phenoxy) is 1. The average Bonchev–Trinajstić information content (AvgIpc) is 2.58. The number of hydrogen-bond acceptors (Lipinski definition) is 5. The molecular weight excluding hydrogens is 162 g/mol. The lowest BCUT2D eigenvalue weighted by Crippen LogP contribution is -2.44. The molecule has 0 aliphatic carbocycles. The van der Waals surface area contributed by atoms with Crippen LogP contribution < -0.4 is 0 Å². The van der Waals surface area contributed by atoms with Crippen molar-refractivity contribution in [2.75, 3.05) is 32.8 Å². The van der Waals surface area contributed by atoms with Gasteiger partial charge in [0.2, 0.25) is 0 Å². The summed E-state index contributed by atoms with van der Waals surface area (Å²) >= 11 is 1.52. The SMILES string of the molecule is C1=NSN(N2CCOCC2)C1. The fourth-order valence-electron chi connectivity index (χ4n) is 1.17. The molecule has 0 aromatic heterocycles. The maximum Gasteiger partial charge on any atom is 0.0772 e. The fourth-order valence-corrected chi connectivity index (χ4v) is 1.81. The summed E-state index contributed by atoms with van der Waals surface area (Å²) in [5.41, 5.74) is 0. The van der Waals surface area contributed by atoms with Crippen molar-refractivity contribution < 1.29 is 4.74 Å². The van der Waals surface area contributed by atoms with E-state index in [1.165, 1.54) is 12.1 Å². The Hall–Kier alpha value is -0.100. The van der Waals surface area contributed by atoms with Crippen molar-refractivity contribution in [2.45, 2.75) is 0 Å².